The normalized spacial score (nSPS) is 23.3. The molecule has 1 saturated heterocycles. The van der Waals surface area contributed by atoms with Gasteiger partial charge in [-0.1, -0.05) is 32.1 Å². The topological polar surface area (TPSA) is 66.8 Å². The minimum absolute atomic E-state index is 0.0777. The summed E-state index contributed by atoms with van der Waals surface area (Å²) in [6.07, 6.45) is 12.5. The number of aromatic nitrogens is 4. The van der Waals surface area contributed by atoms with Crippen LogP contribution in [-0.2, 0) is 13.6 Å². The number of nitrogens with one attached hydrogen (secondary N) is 1. The zero-order chi connectivity index (χ0) is 16.5. The fraction of sp³-hybridized carbons (Fsp3) is 0.722. The van der Waals surface area contributed by atoms with E-state index in [1.165, 1.54) is 51.4 Å². The predicted octanol–water partition coefficient (Wildman–Crippen LogP) is 2.59. The highest BCUT2D eigenvalue weighted by Gasteiger charge is 2.28. The Morgan fingerprint density at radius 1 is 1.21 bits per heavy atom. The molecular weight excluding hydrogens is 302 g/mol. The second kappa shape index (κ2) is 6.67. The highest BCUT2D eigenvalue weighted by atomic mass is 16.1. The van der Waals surface area contributed by atoms with Gasteiger partial charge in [-0.05, 0) is 31.7 Å². The van der Waals surface area contributed by atoms with Crippen molar-refractivity contribution in [1.82, 2.24) is 24.6 Å². The van der Waals surface area contributed by atoms with E-state index in [0.717, 1.165) is 24.8 Å². The summed E-state index contributed by atoms with van der Waals surface area (Å²) in [5.74, 6) is 1.67. The average Bonchev–Trinajstić information content (AvgIpc) is 3.16. The molecule has 1 N–H and O–H groups in total. The molecule has 1 saturated carbocycles. The maximum atomic E-state index is 12.2. The SMILES string of the molecule is Cn1ncc2c(=O)[nH]c(CN3CCCC3CC3CCCCC3)nc21. The van der Waals surface area contributed by atoms with E-state index in [4.69, 9.17) is 0 Å². The number of rotatable bonds is 4. The van der Waals surface area contributed by atoms with Gasteiger partial charge in [0.15, 0.2) is 5.65 Å². The first-order chi connectivity index (χ1) is 11.7. The quantitative estimate of drug-likeness (QED) is 0.936. The molecule has 1 aliphatic heterocycles. The van der Waals surface area contributed by atoms with Crippen LogP contribution in [0.15, 0.2) is 11.0 Å². The molecule has 24 heavy (non-hydrogen) atoms. The zero-order valence-corrected chi connectivity index (χ0v) is 14.5. The molecule has 6 heteroatoms. The number of hydrogen-bond donors (Lipinski definition) is 1. The second-order valence-electron chi connectivity index (χ2n) is 7.52. The van der Waals surface area contributed by atoms with Gasteiger partial charge in [0.05, 0.1) is 12.7 Å². The Morgan fingerprint density at radius 3 is 2.88 bits per heavy atom. The molecule has 0 spiro atoms. The molecule has 2 fully saturated rings. The van der Waals surface area contributed by atoms with Crippen molar-refractivity contribution in [2.75, 3.05) is 6.54 Å². The van der Waals surface area contributed by atoms with E-state index >= 15 is 0 Å². The first-order valence-corrected chi connectivity index (χ1v) is 9.35. The van der Waals surface area contributed by atoms with Crippen LogP contribution in [-0.4, -0.2) is 37.2 Å². The van der Waals surface area contributed by atoms with Crippen LogP contribution in [0.25, 0.3) is 11.0 Å². The molecule has 4 rings (SSSR count). The molecule has 6 nitrogen and oxygen atoms in total. The van der Waals surface area contributed by atoms with E-state index in [1.807, 2.05) is 7.05 Å². The number of aryl methyl sites for hydroxylation is 1. The Kier molecular flexibility index (Phi) is 4.39. The molecule has 130 valence electrons. The maximum Gasteiger partial charge on any atom is 0.262 e. The van der Waals surface area contributed by atoms with E-state index in [9.17, 15) is 4.79 Å². The number of likely N-dealkylation sites (tertiary alicyclic amines) is 1. The Hall–Kier alpha value is -1.69. The van der Waals surface area contributed by atoms with Gasteiger partial charge in [0.1, 0.15) is 11.2 Å². The van der Waals surface area contributed by atoms with Crippen molar-refractivity contribution in [3.63, 3.8) is 0 Å². The summed E-state index contributed by atoms with van der Waals surface area (Å²) in [6.45, 7) is 1.86. The van der Waals surface area contributed by atoms with Crippen LogP contribution in [0.3, 0.4) is 0 Å². The standard InChI is InChI=1S/C18H27N5O/c1-22-17-15(11-19-22)18(24)21-16(20-17)12-23-9-5-8-14(23)10-13-6-3-2-4-7-13/h11,13-14H,2-10,12H2,1H3,(H,20,21,24). The van der Waals surface area contributed by atoms with Gasteiger partial charge in [-0.2, -0.15) is 5.10 Å². The third-order valence-corrected chi connectivity index (χ3v) is 5.83. The molecule has 1 atom stereocenters. The molecule has 2 aliphatic rings. The molecule has 1 aliphatic carbocycles. The van der Waals surface area contributed by atoms with Gasteiger partial charge in [-0.15, -0.1) is 0 Å². The third-order valence-electron chi connectivity index (χ3n) is 5.83. The van der Waals surface area contributed by atoms with Gasteiger partial charge in [0.2, 0.25) is 0 Å². The lowest BCUT2D eigenvalue weighted by Gasteiger charge is -2.29. The highest BCUT2D eigenvalue weighted by Crippen LogP contribution is 2.32. The highest BCUT2D eigenvalue weighted by molar-refractivity contribution is 5.72. The average molecular weight is 329 g/mol. The van der Waals surface area contributed by atoms with Crippen molar-refractivity contribution >= 4 is 11.0 Å². The van der Waals surface area contributed by atoms with Crippen LogP contribution in [0.1, 0.15) is 57.2 Å². The first-order valence-electron chi connectivity index (χ1n) is 9.35. The van der Waals surface area contributed by atoms with E-state index in [-0.39, 0.29) is 5.56 Å². The Morgan fingerprint density at radius 2 is 2.04 bits per heavy atom. The Bertz CT molecular complexity index is 758. The second-order valence-corrected chi connectivity index (χ2v) is 7.52. The monoisotopic (exact) mass is 329 g/mol. The van der Waals surface area contributed by atoms with Crippen LogP contribution in [0.4, 0.5) is 0 Å². The number of nitrogens with zero attached hydrogens (tertiary/aromatic N) is 4. The van der Waals surface area contributed by atoms with Crippen molar-refractivity contribution in [1.29, 1.82) is 0 Å². The van der Waals surface area contributed by atoms with Gasteiger partial charge in [0.25, 0.3) is 5.56 Å². The van der Waals surface area contributed by atoms with Gasteiger partial charge in [-0.3, -0.25) is 14.4 Å². The summed E-state index contributed by atoms with van der Waals surface area (Å²) in [6, 6.07) is 0.653. The number of hydrogen-bond acceptors (Lipinski definition) is 4. The van der Waals surface area contributed by atoms with Crippen molar-refractivity contribution in [2.24, 2.45) is 13.0 Å². The summed E-state index contributed by atoms with van der Waals surface area (Å²) >= 11 is 0. The van der Waals surface area contributed by atoms with Crippen LogP contribution < -0.4 is 5.56 Å². The lowest BCUT2D eigenvalue weighted by molar-refractivity contribution is 0.189. The molecule has 0 amide bonds. The predicted molar refractivity (Wildman–Crippen MR) is 93.8 cm³/mol. The number of H-pyrrole nitrogens is 1. The number of aromatic amines is 1. The molecule has 0 bridgehead atoms. The summed E-state index contributed by atoms with van der Waals surface area (Å²) in [5.41, 5.74) is 0.600. The molecule has 2 aromatic heterocycles. The van der Waals surface area contributed by atoms with Gasteiger partial charge in [0, 0.05) is 13.1 Å². The van der Waals surface area contributed by atoms with Crippen LogP contribution >= 0.6 is 0 Å². The van der Waals surface area contributed by atoms with Gasteiger partial charge < -0.3 is 4.98 Å². The summed E-state index contributed by atoms with van der Waals surface area (Å²) in [5, 5.41) is 4.71. The van der Waals surface area contributed by atoms with E-state index in [1.54, 1.807) is 10.9 Å². The summed E-state index contributed by atoms with van der Waals surface area (Å²) < 4.78 is 1.68. The smallest absolute Gasteiger partial charge is 0.262 e. The van der Waals surface area contributed by atoms with E-state index < -0.39 is 0 Å². The summed E-state index contributed by atoms with van der Waals surface area (Å²) in [7, 11) is 1.83. The van der Waals surface area contributed by atoms with Crippen molar-refractivity contribution < 1.29 is 0 Å². The first kappa shape index (κ1) is 15.8. The van der Waals surface area contributed by atoms with Gasteiger partial charge >= 0.3 is 0 Å². The molecule has 2 aromatic rings. The van der Waals surface area contributed by atoms with Crippen molar-refractivity contribution in [3.05, 3.63) is 22.4 Å². The molecule has 3 heterocycles. The van der Waals surface area contributed by atoms with Crippen LogP contribution in [0.2, 0.25) is 0 Å². The van der Waals surface area contributed by atoms with Crippen LogP contribution in [0.5, 0.6) is 0 Å². The molecule has 1 unspecified atom stereocenters. The lowest BCUT2D eigenvalue weighted by Crippen LogP contribution is -2.32. The minimum atomic E-state index is -0.0777. The molecule has 0 radical (unpaired) electrons. The van der Waals surface area contributed by atoms with E-state index in [2.05, 4.69) is 20.0 Å². The third kappa shape index (κ3) is 3.11. The largest absolute Gasteiger partial charge is 0.309 e. The van der Waals surface area contributed by atoms with Crippen LogP contribution in [0, 0.1) is 5.92 Å². The van der Waals surface area contributed by atoms with E-state index in [0.29, 0.717) is 17.1 Å². The van der Waals surface area contributed by atoms with Gasteiger partial charge in [-0.25, -0.2) is 4.98 Å². The zero-order valence-electron chi connectivity index (χ0n) is 14.5. The molecular formula is C18H27N5O. The Labute approximate surface area is 142 Å². The van der Waals surface area contributed by atoms with Crippen molar-refractivity contribution in [2.45, 2.75) is 64.0 Å². The Balaban J connectivity index is 1.49. The minimum Gasteiger partial charge on any atom is -0.309 e. The fourth-order valence-electron chi connectivity index (χ4n) is 4.52. The maximum absolute atomic E-state index is 12.2. The summed E-state index contributed by atoms with van der Waals surface area (Å²) in [4.78, 5) is 22.3. The van der Waals surface area contributed by atoms with Crippen molar-refractivity contribution in [3.8, 4) is 0 Å². The number of fused-ring (bicyclic) bond motifs is 1. The molecule has 0 aromatic carbocycles. The fourth-order valence-corrected chi connectivity index (χ4v) is 4.52. The lowest BCUT2D eigenvalue weighted by atomic mass is 9.84.